The molecule has 11 N–H and O–H groups in total. The van der Waals surface area contributed by atoms with Crippen LogP contribution < -0.4 is 16.4 Å². The molecule has 2 fully saturated rings. The van der Waals surface area contributed by atoms with E-state index in [2.05, 4.69) is 34.3 Å². The lowest BCUT2D eigenvalue weighted by Crippen LogP contribution is -2.52. The maximum atomic E-state index is 12.7. The lowest BCUT2D eigenvalue weighted by molar-refractivity contribution is -0.336. The topological polar surface area (TPSA) is 394 Å². The number of nitrogens with zero attached hydrogens (tertiary/aromatic N) is 4. The Bertz CT molecular complexity index is 1910. The number of aliphatic hydroxyl groups is 2. The Balaban J connectivity index is 1.25. The number of carboxylic acids is 1. The molecule has 2 aromatic heterocycles. The standard InChI is InChI=1S/C24H36N7O19P3S/c1-23(2,17(36)21(38)27-4-3-13(32)26-5-6-54-15(35)7-14(33)34)9-47-53(44,45)49-52(42,43)46-8-12-24(48-51(39,40)41)18(37)22(50(12)24)31-11-30-16-19(25)28-10-29-20(16)31/h10-12,17-18,22,36-37H,3-9H2,1-2H3,(H8-,25,26,27,28,29,32,33,34,38,39,40,41,42,43,44,45)/p+1/t12-,17+,18+,22-,24+/m1/s1. The number of epoxide rings is 1. The molecule has 0 spiro atoms. The molecule has 302 valence electrons. The van der Waals surface area contributed by atoms with Crippen molar-refractivity contribution in [1.29, 1.82) is 0 Å². The van der Waals surface area contributed by atoms with Gasteiger partial charge in [-0.05, 0) is 0 Å². The number of phosphoric ester groups is 3. The summed E-state index contributed by atoms with van der Waals surface area (Å²) in [5, 5.41) is 34.1. The molecule has 4 heterocycles. The molecule has 2 aliphatic heterocycles. The summed E-state index contributed by atoms with van der Waals surface area (Å²) in [6.45, 7) is 0.317. The first-order valence-corrected chi connectivity index (χ1v) is 20.8. The number of nitrogens with one attached hydrogen (secondary N) is 2. The van der Waals surface area contributed by atoms with Crippen LogP contribution in [-0.4, -0.2) is 133 Å². The third-order valence-electron chi connectivity index (χ3n) is 7.75. The average molecular weight is 853 g/mol. The van der Waals surface area contributed by atoms with Crippen LogP contribution in [0.5, 0.6) is 0 Å². The van der Waals surface area contributed by atoms with E-state index in [1.807, 2.05) is 0 Å². The highest BCUT2D eigenvalue weighted by Crippen LogP contribution is 2.72. The van der Waals surface area contributed by atoms with Crippen LogP contribution in [0.15, 0.2) is 12.7 Å². The van der Waals surface area contributed by atoms with Crippen LogP contribution in [0.25, 0.3) is 11.2 Å². The van der Waals surface area contributed by atoms with Gasteiger partial charge in [0.25, 0.3) is 18.4 Å². The summed E-state index contributed by atoms with van der Waals surface area (Å²) in [6, 6.07) is 0. The fourth-order valence-electron chi connectivity index (χ4n) is 5.18. The molecule has 2 aromatic rings. The summed E-state index contributed by atoms with van der Waals surface area (Å²) in [7, 11) is -16.3. The van der Waals surface area contributed by atoms with Gasteiger partial charge in [0.05, 0.1) is 6.61 Å². The number of hydrogen-bond acceptors (Lipinski definition) is 18. The van der Waals surface area contributed by atoms with Gasteiger partial charge < -0.3 is 55.6 Å². The molecule has 26 nitrogen and oxygen atoms in total. The van der Waals surface area contributed by atoms with E-state index in [1.54, 1.807) is 0 Å². The maximum Gasteiger partial charge on any atom is 0.481 e. The number of anilines is 1. The number of aliphatic hydroxyl groups excluding tert-OH is 2. The number of aromatic nitrogens is 4. The van der Waals surface area contributed by atoms with Crippen LogP contribution in [0.4, 0.5) is 5.82 Å². The second-order valence-electron chi connectivity index (χ2n) is 12.2. The fraction of sp³-hybridized carbons (Fsp3) is 0.625. The Morgan fingerprint density at radius 3 is 2.39 bits per heavy atom. The van der Waals surface area contributed by atoms with Crippen LogP contribution in [0, 0.1) is 5.41 Å². The second kappa shape index (κ2) is 16.6. The van der Waals surface area contributed by atoms with Gasteiger partial charge in [-0.1, -0.05) is 25.6 Å². The molecule has 2 saturated heterocycles. The van der Waals surface area contributed by atoms with E-state index in [9.17, 15) is 62.7 Å². The van der Waals surface area contributed by atoms with Crippen LogP contribution in [0.1, 0.15) is 32.9 Å². The first-order valence-electron chi connectivity index (χ1n) is 15.3. The Morgan fingerprint density at radius 1 is 1.07 bits per heavy atom. The first-order chi connectivity index (χ1) is 24.9. The molecule has 2 aliphatic rings. The highest BCUT2D eigenvalue weighted by molar-refractivity contribution is 8.13. The number of amides is 2. The summed E-state index contributed by atoms with van der Waals surface area (Å²) >= 11 is 0.721. The van der Waals surface area contributed by atoms with Crippen molar-refractivity contribution in [2.24, 2.45) is 5.41 Å². The summed E-state index contributed by atoms with van der Waals surface area (Å²) in [4.78, 5) is 97.3. The number of rotatable bonds is 21. The monoisotopic (exact) mass is 852 g/mol. The van der Waals surface area contributed by atoms with Crippen LogP contribution in [-0.2, 0) is 55.1 Å². The van der Waals surface area contributed by atoms with E-state index in [4.69, 9.17) is 24.4 Å². The quantitative estimate of drug-likeness (QED) is 0.0214. The number of carboxylic acid groups (broad SMARTS) is 1. The van der Waals surface area contributed by atoms with Gasteiger partial charge in [0.1, 0.15) is 37.3 Å². The van der Waals surface area contributed by atoms with Gasteiger partial charge in [-0.3, -0.25) is 28.2 Å². The lowest BCUT2D eigenvalue weighted by Gasteiger charge is -2.32. The Kier molecular flexibility index (Phi) is 13.5. The summed E-state index contributed by atoms with van der Waals surface area (Å²) in [5.41, 5.74) is 4.35. The van der Waals surface area contributed by atoms with E-state index in [0.29, 0.717) is 0 Å². The fourth-order valence-corrected chi connectivity index (χ4v) is 8.76. The predicted molar refractivity (Wildman–Crippen MR) is 178 cm³/mol. The van der Waals surface area contributed by atoms with Crippen molar-refractivity contribution in [3.05, 3.63) is 12.7 Å². The molecule has 0 saturated carbocycles. The average Bonchev–Trinajstić information content (AvgIpc) is 3.32. The highest BCUT2D eigenvalue weighted by atomic mass is 32.2. The number of thioether (sulfide) groups is 1. The lowest BCUT2D eigenvalue weighted by atomic mass is 9.87. The van der Waals surface area contributed by atoms with Crippen molar-refractivity contribution in [3.8, 4) is 0 Å². The maximum absolute atomic E-state index is 12.7. The van der Waals surface area contributed by atoms with Gasteiger partial charge in [0.2, 0.25) is 11.8 Å². The van der Waals surface area contributed by atoms with Crippen LogP contribution in [0.3, 0.4) is 0 Å². The summed E-state index contributed by atoms with van der Waals surface area (Å²) in [5.74, 6) is -4.96. The third kappa shape index (κ3) is 10.5. The number of carbonyl (C=O) groups excluding carboxylic acids is 3. The second-order valence-corrected chi connectivity index (χ2v) is 17.6. The largest absolute Gasteiger partial charge is 0.481 e. The summed E-state index contributed by atoms with van der Waals surface area (Å²) in [6.07, 6.45) is -4.96. The Labute approximate surface area is 307 Å². The minimum absolute atomic E-state index is 0.0185. The van der Waals surface area contributed by atoms with Crippen LogP contribution in [0.2, 0.25) is 0 Å². The van der Waals surface area contributed by atoms with E-state index in [1.165, 1.54) is 24.7 Å². The van der Waals surface area contributed by atoms with Crippen LogP contribution >= 0.6 is 35.2 Å². The van der Waals surface area contributed by atoms with E-state index in [-0.39, 0.29) is 42.2 Å². The van der Waals surface area contributed by atoms with Gasteiger partial charge in [-0.2, -0.15) is 8.83 Å². The van der Waals surface area contributed by atoms with Crippen molar-refractivity contribution in [2.45, 2.75) is 57.0 Å². The number of fused-ring (bicyclic) bond motifs is 2. The molecular formula is C24H37N7O19P3S+. The number of phosphoric acid groups is 3. The first kappa shape index (κ1) is 43.8. The van der Waals surface area contributed by atoms with Crippen molar-refractivity contribution < 1.29 is 90.0 Å². The normalized spacial score (nSPS) is 24.0. The third-order valence-corrected chi connectivity index (χ3v) is 11.7. The minimum atomic E-state index is -5.54. The number of nitrogens with two attached hydrogens (primary N) is 1. The number of imidazole rings is 1. The van der Waals surface area contributed by atoms with E-state index < -0.39 is 102 Å². The Hall–Kier alpha value is -2.97. The summed E-state index contributed by atoms with van der Waals surface area (Å²) < 4.78 is 59.0. The zero-order chi connectivity index (χ0) is 40.4. The molecule has 2 unspecified atom stereocenters. The Morgan fingerprint density at radius 2 is 1.74 bits per heavy atom. The van der Waals surface area contributed by atoms with Gasteiger partial charge in [-0.15, -0.1) is 0 Å². The molecule has 7 atom stereocenters. The molecule has 0 bridgehead atoms. The van der Waals surface area contributed by atoms with Gasteiger partial charge >= 0.3 is 35.2 Å². The molecule has 54 heavy (non-hydrogen) atoms. The molecule has 30 heteroatoms. The van der Waals surface area contributed by atoms with Gasteiger partial charge in [0, 0.05) is 30.7 Å². The minimum Gasteiger partial charge on any atom is -0.481 e. The zero-order valence-corrected chi connectivity index (χ0v) is 31.6. The smallest absolute Gasteiger partial charge is 0.481 e. The molecule has 2 amide bonds. The molecule has 0 aliphatic carbocycles. The molecule has 0 radical (unpaired) electrons. The zero-order valence-electron chi connectivity index (χ0n) is 28.1. The number of carbonyl (C=O) groups is 4. The van der Waals surface area contributed by atoms with Crippen molar-refractivity contribution in [2.75, 3.05) is 37.8 Å². The van der Waals surface area contributed by atoms with Crippen molar-refractivity contribution >= 4 is 75.1 Å². The van der Waals surface area contributed by atoms with Crippen molar-refractivity contribution in [3.63, 3.8) is 0 Å². The number of aliphatic carboxylic acids is 1. The van der Waals surface area contributed by atoms with Gasteiger partial charge in [-0.25, -0.2) is 33.2 Å². The van der Waals surface area contributed by atoms with E-state index >= 15 is 0 Å². The highest BCUT2D eigenvalue weighted by Gasteiger charge is 2.96. The molecule has 0 aromatic carbocycles. The molecule has 4 rings (SSSR count). The number of hydrogen-bond donors (Lipinski definition) is 10. The van der Waals surface area contributed by atoms with Gasteiger partial charge in [0.15, 0.2) is 16.6 Å². The molecular weight excluding hydrogens is 815 g/mol. The number of nitrogen functional groups attached to an aromatic ring is 1. The van der Waals surface area contributed by atoms with E-state index in [0.717, 1.165) is 18.1 Å². The SMILES string of the molecule is CC(C)(COP(=O)(O)OP(=O)(O)OC[C@H]1[O+]2[C@@H](n3cnc4c(N)ncnc43)[C@H](O)[C@]12OP(=O)(O)O)[C@@H](O)C(=O)NCCC(=O)NCCSC(=O)CC(=O)O. The van der Waals surface area contributed by atoms with Crippen molar-refractivity contribution in [1.82, 2.24) is 30.2 Å². The predicted octanol–water partition coefficient (Wildman–Crippen LogP) is -1.98.